The Labute approximate surface area is 590 Å². The Morgan fingerprint density at radius 2 is 0.871 bits per heavy atom. The van der Waals surface area contributed by atoms with E-state index in [9.17, 15) is 14.4 Å². The van der Waals surface area contributed by atoms with Crippen molar-refractivity contribution in [3.8, 4) is 109 Å². The monoisotopic (exact) mass is 1370 g/mol. The molecule has 0 bridgehead atoms. The molecule has 0 saturated heterocycles. The molecular formula is C76H92N18O7. The van der Waals surface area contributed by atoms with E-state index in [2.05, 4.69) is 120 Å². The zero-order valence-corrected chi connectivity index (χ0v) is 60.3. The number of rotatable bonds is 20. The summed E-state index contributed by atoms with van der Waals surface area (Å²) in [6.07, 6.45) is 10.4. The number of pyridine rings is 3. The highest BCUT2D eigenvalue weighted by Crippen LogP contribution is 2.35. The lowest BCUT2D eigenvalue weighted by atomic mass is 10.0. The molecule has 9 aromatic heterocycles. The Morgan fingerprint density at radius 1 is 0.485 bits per heavy atom. The SMILES string of the molecule is CCn1cc(-c2cnc(C)c(-c3nnc(-c4ccc(CNC)cc4OC)o3)n2)ccc1=O.Cc1cc(CNC(C)(C)C)ccc1-c1nnc(-c2nc(-c3ccc(=O)n(C(C)C)c3)cnc2C)o1.Cc1cc(CNC(C)C)ccc1-c1nnc(-c2nc(-c3ccc(=O)n(C(C)C)c3)cnc2C)o1.[HH].[HH].[HH]. The van der Waals surface area contributed by atoms with Gasteiger partial charge in [-0.3, -0.25) is 29.3 Å². The molecule has 3 N–H and O–H groups in total. The molecular weight excluding hydrogens is 1280 g/mol. The van der Waals surface area contributed by atoms with Crippen molar-refractivity contribution in [3.05, 3.63) is 204 Å². The number of methoxy groups -OCH3 is 1. The van der Waals surface area contributed by atoms with Crippen LogP contribution in [-0.4, -0.2) is 99.9 Å². The van der Waals surface area contributed by atoms with Crippen LogP contribution in [0, 0.1) is 34.6 Å². The van der Waals surface area contributed by atoms with Crippen LogP contribution in [0.3, 0.4) is 0 Å². The van der Waals surface area contributed by atoms with Gasteiger partial charge in [-0.15, -0.1) is 30.6 Å². The highest BCUT2D eigenvalue weighted by molar-refractivity contribution is 5.68. The molecule has 12 rings (SSSR count). The quantitative estimate of drug-likeness (QED) is 0.0638. The molecule has 0 radical (unpaired) electrons. The van der Waals surface area contributed by atoms with Crippen LogP contribution in [-0.2, 0) is 26.2 Å². The third kappa shape index (κ3) is 17.7. The first-order chi connectivity index (χ1) is 48.3. The van der Waals surface area contributed by atoms with Crippen LogP contribution in [0.25, 0.3) is 103 Å². The largest absolute Gasteiger partial charge is 0.496 e. The van der Waals surface area contributed by atoms with Gasteiger partial charge in [-0.2, -0.15) is 0 Å². The molecule has 0 spiro atoms. The predicted octanol–water partition coefficient (Wildman–Crippen LogP) is 13.6. The summed E-state index contributed by atoms with van der Waals surface area (Å²) >= 11 is 0. The Hall–Kier alpha value is -11.2. The summed E-state index contributed by atoms with van der Waals surface area (Å²) in [7, 11) is 3.49. The van der Waals surface area contributed by atoms with Gasteiger partial charge >= 0.3 is 0 Å². The van der Waals surface area contributed by atoms with Gasteiger partial charge in [0.05, 0.1) is 65.4 Å². The lowest BCUT2D eigenvalue weighted by molar-refractivity contribution is 0.413. The minimum atomic E-state index is -0.0622. The maximum Gasteiger partial charge on any atom is 0.268 e. The van der Waals surface area contributed by atoms with Crippen LogP contribution in [0.5, 0.6) is 5.75 Å². The number of aryl methyl sites for hydroxylation is 6. The van der Waals surface area contributed by atoms with Crippen LogP contribution in [0.2, 0.25) is 0 Å². The van der Waals surface area contributed by atoms with E-state index in [4.69, 9.17) is 32.9 Å². The van der Waals surface area contributed by atoms with Gasteiger partial charge < -0.3 is 47.6 Å². The molecule has 9 heterocycles. The molecule has 0 saturated carbocycles. The van der Waals surface area contributed by atoms with Gasteiger partial charge in [-0.05, 0) is 167 Å². The Balaban J connectivity index is 0.000000215. The van der Waals surface area contributed by atoms with E-state index in [1.54, 1.807) is 88.3 Å². The summed E-state index contributed by atoms with van der Waals surface area (Å²) in [6.45, 7) is 33.0. The number of hydrogen-bond donors (Lipinski definition) is 3. The van der Waals surface area contributed by atoms with E-state index >= 15 is 0 Å². The molecule has 0 unspecified atom stereocenters. The second kappa shape index (κ2) is 31.8. The average molecular weight is 1370 g/mol. The van der Waals surface area contributed by atoms with Crippen molar-refractivity contribution in [3.63, 3.8) is 0 Å². The van der Waals surface area contributed by atoms with Crippen molar-refractivity contribution >= 4 is 0 Å². The number of ether oxygens (including phenoxy) is 1. The average Bonchev–Trinajstić information content (AvgIpc) is 1.47. The van der Waals surface area contributed by atoms with Gasteiger partial charge in [0.15, 0.2) is 0 Å². The zero-order valence-electron chi connectivity index (χ0n) is 60.3. The second-order valence-electron chi connectivity index (χ2n) is 26.4. The van der Waals surface area contributed by atoms with Crippen molar-refractivity contribution in [2.75, 3.05) is 14.2 Å². The molecule has 25 heteroatoms. The first-order valence-corrected chi connectivity index (χ1v) is 33.5. The van der Waals surface area contributed by atoms with Crippen LogP contribution < -0.4 is 37.4 Å². The van der Waals surface area contributed by atoms with Crippen molar-refractivity contribution < 1.29 is 22.3 Å². The summed E-state index contributed by atoms with van der Waals surface area (Å²) in [4.78, 5) is 63.8. The lowest BCUT2D eigenvalue weighted by Gasteiger charge is -2.20. The summed E-state index contributed by atoms with van der Waals surface area (Å²) in [5, 5.41) is 35.5. The predicted molar refractivity (Wildman–Crippen MR) is 396 cm³/mol. The van der Waals surface area contributed by atoms with E-state index in [-0.39, 0.29) is 44.5 Å². The molecule has 0 aliphatic rings. The number of benzene rings is 3. The molecule has 528 valence electrons. The van der Waals surface area contributed by atoms with E-state index < -0.39 is 0 Å². The van der Waals surface area contributed by atoms with Crippen LogP contribution >= 0.6 is 0 Å². The van der Waals surface area contributed by atoms with Crippen molar-refractivity contribution in [2.24, 2.45) is 0 Å². The van der Waals surface area contributed by atoms with Crippen LogP contribution in [0.1, 0.15) is 131 Å². The zero-order chi connectivity index (χ0) is 72.4. The molecule has 3 aromatic carbocycles. The van der Waals surface area contributed by atoms with E-state index in [0.29, 0.717) is 105 Å². The topological polar surface area (TPSA) is 305 Å². The van der Waals surface area contributed by atoms with Gasteiger partial charge in [0.2, 0.25) is 11.8 Å². The second-order valence-corrected chi connectivity index (χ2v) is 26.4. The third-order valence-corrected chi connectivity index (χ3v) is 16.4. The summed E-state index contributed by atoms with van der Waals surface area (Å²) in [5.74, 6) is 2.73. The van der Waals surface area contributed by atoms with Gasteiger partial charge in [0.1, 0.15) is 22.8 Å². The smallest absolute Gasteiger partial charge is 0.268 e. The Kier molecular flexibility index (Phi) is 22.9. The normalized spacial score (nSPS) is 11.5. The molecule has 25 nitrogen and oxygen atoms in total. The molecule has 0 aliphatic carbocycles. The number of nitrogens with one attached hydrogen (secondary N) is 3. The lowest BCUT2D eigenvalue weighted by Crippen LogP contribution is -2.35. The van der Waals surface area contributed by atoms with Gasteiger partial charge in [-0.25, -0.2) is 15.0 Å². The summed E-state index contributed by atoms with van der Waals surface area (Å²) < 4.78 is 28.5. The number of nitrogens with zero attached hydrogens (tertiary/aromatic N) is 15. The first-order valence-electron chi connectivity index (χ1n) is 33.5. The van der Waals surface area contributed by atoms with Crippen LogP contribution in [0.15, 0.2) is 156 Å². The van der Waals surface area contributed by atoms with Crippen molar-refractivity contribution in [1.82, 2.24) is 90.1 Å². The van der Waals surface area contributed by atoms with Gasteiger partial charge in [0, 0.05) is 119 Å². The van der Waals surface area contributed by atoms with E-state index in [0.717, 1.165) is 64.1 Å². The maximum absolute atomic E-state index is 12.1. The fourth-order valence-corrected chi connectivity index (χ4v) is 10.8. The fraction of sp³-hybridized carbons (Fsp3) is 0.329. The Bertz CT molecular complexity index is 5110. The summed E-state index contributed by atoms with van der Waals surface area (Å²) in [5.41, 5.74) is 15.7. The molecule has 0 aliphatic heterocycles. The Morgan fingerprint density at radius 3 is 1.26 bits per heavy atom. The maximum atomic E-state index is 12.1. The molecule has 101 heavy (non-hydrogen) atoms. The number of aromatic nitrogens is 15. The molecule has 0 amide bonds. The van der Waals surface area contributed by atoms with E-state index in [1.807, 2.05) is 107 Å². The number of hydrogen-bond acceptors (Lipinski definition) is 22. The highest BCUT2D eigenvalue weighted by atomic mass is 16.5. The standard InChI is InChI=1S/C27H32N6O2.C26H30N6O2.C23H24N6O3.3H2/c1-16(2)33-15-20(9-11-23(33)34)22-14-28-18(4)24(30-22)26-32-31-25(35-26)21-10-8-19(12-17(21)3)13-29-27(5,6)7;1-15(2)27-12-19-7-9-21(17(5)11-19)25-30-31-26(34-25)24-18(6)28-13-22(29-24)20-8-10-23(33)32(14-20)16(3)4;1-5-29-13-16(7-9-20(29)30)18-12-25-14(2)21(26-18)23-28-27-22(32-23)17-8-6-15(11-24-3)10-19(17)31-4;;;/h8-12,14-16,29H,13H2,1-7H3;7-11,13-16,27H,12H2,1-6H3;6-10,12-13,24H,5,11H2,1-4H3;3*1H. The summed E-state index contributed by atoms with van der Waals surface area (Å²) in [6, 6.07) is 28.6. The molecule has 12 aromatic rings. The molecule has 0 fully saturated rings. The van der Waals surface area contributed by atoms with Crippen LogP contribution in [0.4, 0.5) is 0 Å². The van der Waals surface area contributed by atoms with Gasteiger partial charge in [0.25, 0.3) is 40.2 Å². The fourth-order valence-electron chi connectivity index (χ4n) is 10.8. The molecule has 0 atom stereocenters. The highest BCUT2D eigenvalue weighted by Gasteiger charge is 2.23. The van der Waals surface area contributed by atoms with E-state index in [1.165, 1.54) is 17.2 Å². The minimum absolute atomic E-state index is 0. The van der Waals surface area contributed by atoms with Gasteiger partial charge in [-0.1, -0.05) is 44.2 Å². The first kappa shape index (κ1) is 72.6. The van der Waals surface area contributed by atoms with Crippen molar-refractivity contribution in [1.29, 1.82) is 0 Å². The third-order valence-electron chi connectivity index (χ3n) is 16.4. The van der Waals surface area contributed by atoms with Crippen molar-refractivity contribution in [2.45, 2.75) is 154 Å². The minimum Gasteiger partial charge on any atom is -0.496 e.